The Kier molecular flexibility index (Phi) is 7.27. The quantitative estimate of drug-likeness (QED) is 0.642. The van der Waals surface area contributed by atoms with Gasteiger partial charge in [-0.2, -0.15) is 0 Å². The van der Waals surface area contributed by atoms with Gasteiger partial charge in [0.05, 0.1) is 37.1 Å². The number of benzene rings is 1. The predicted octanol–water partition coefficient (Wildman–Crippen LogP) is 1.48. The molecule has 0 bridgehead atoms. The number of nitrogens with two attached hydrogens (primary N) is 1. The third-order valence-corrected chi connectivity index (χ3v) is 5.27. The summed E-state index contributed by atoms with van der Waals surface area (Å²) in [4.78, 5) is 27.0. The number of ether oxygens (including phenoxy) is 2. The highest BCUT2D eigenvalue weighted by Crippen LogP contribution is 2.28. The molecule has 0 spiro atoms. The summed E-state index contributed by atoms with van der Waals surface area (Å²) in [5, 5.41) is 3.15. The van der Waals surface area contributed by atoms with Crippen LogP contribution in [0.25, 0.3) is 0 Å². The second kappa shape index (κ2) is 9.89. The summed E-state index contributed by atoms with van der Waals surface area (Å²) < 4.78 is 25.3. The van der Waals surface area contributed by atoms with E-state index in [0.29, 0.717) is 63.7 Å². The number of rotatable bonds is 9. The van der Waals surface area contributed by atoms with Crippen LogP contribution in [-0.4, -0.2) is 64.0 Å². The van der Waals surface area contributed by atoms with Gasteiger partial charge in [-0.05, 0) is 24.6 Å². The predicted molar refractivity (Wildman–Crippen MR) is 108 cm³/mol. The van der Waals surface area contributed by atoms with Crippen LogP contribution in [0.1, 0.15) is 19.8 Å². The van der Waals surface area contributed by atoms with Crippen molar-refractivity contribution in [3.05, 3.63) is 24.0 Å². The Morgan fingerprint density at radius 1 is 1.38 bits per heavy atom. The van der Waals surface area contributed by atoms with Gasteiger partial charge in [-0.1, -0.05) is 13.3 Å². The van der Waals surface area contributed by atoms with Crippen LogP contribution >= 0.6 is 0 Å². The highest BCUT2D eigenvalue weighted by molar-refractivity contribution is 5.90. The highest BCUT2D eigenvalue weighted by atomic mass is 19.1. The van der Waals surface area contributed by atoms with Crippen molar-refractivity contribution in [2.75, 3.05) is 55.7 Å². The zero-order valence-corrected chi connectivity index (χ0v) is 16.7. The van der Waals surface area contributed by atoms with E-state index < -0.39 is 6.09 Å². The smallest absolute Gasteiger partial charge is 0.414 e. The number of anilines is 2. The first-order valence-electron chi connectivity index (χ1n) is 10.1. The lowest BCUT2D eigenvalue weighted by molar-refractivity contribution is -0.121. The maximum Gasteiger partial charge on any atom is 0.414 e. The van der Waals surface area contributed by atoms with Gasteiger partial charge in [0, 0.05) is 26.2 Å². The maximum atomic E-state index is 14.6. The molecule has 9 heteroatoms. The number of cyclic esters (lactones) is 1. The molecule has 8 nitrogen and oxygen atoms in total. The number of nitrogens with zero attached hydrogens (tertiary/aromatic N) is 2. The summed E-state index contributed by atoms with van der Waals surface area (Å²) in [6.07, 6.45) is 0.705. The number of hydrogen-bond acceptors (Lipinski definition) is 6. The van der Waals surface area contributed by atoms with Crippen LogP contribution < -0.4 is 20.9 Å². The Labute approximate surface area is 170 Å². The summed E-state index contributed by atoms with van der Waals surface area (Å²) in [6, 6.07) is 4.79. The molecule has 2 atom stereocenters. The molecule has 0 aliphatic carbocycles. The van der Waals surface area contributed by atoms with Crippen LogP contribution in [-0.2, 0) is 14.3 Å². The van der Waals surface area contributed by atoms with E-state index in [4.69, 9.17) is 15.2 Å². The molecule has 2 amide bonds. The largest absolute Gasteiger partial charge is 0.443 e. The van der Waals surface area contributed by atoms with Gasteiger partial charge >= 0.3 is 6.09 Å². The Hall–Kier alpha value is -2.39. The number of hydrogen-bond donors (Lipinski definition) is 2. The molecule has 0 aromatic heterocycles. The van der Waals surface area contributed by atoms with Crippen LogP contribution in [0, 0.1) is 11.7 Å². The number of primary amides is 1. The van der Waals surface area contributed by atoms with Crippen molar-refractivity contribution in [3.63, 3.8) is 0 Å². The molecule has 3 N–H and O–H groups in total. The lowest BCUT2D eigenvalue weighted by Crippen LogP contribution is -2.37. The number of halogens is 1. The van der Waals surface area contributed by atoms with Crippen molar-refractivity contribution < 1.29 is 23.5 Å². The van der Waals surface area contributed by atoms with E-state index in [0.717, 1.165) is 6.42 Å². The van der Waals surface area contributed by atoms with E-state index in [1.807, 2.05) is 11.8 Å². The molecule has 2 aliphatic heterocycles. The van der Waals surface area contributed by atoms with Crippen LogP contribution in [0.4, 0.5) is 20.6 Å². The number of morpholine rings is 1. The molecule has 2 saturated heterocycles. The first kappa shape index (κ1) is 21.3. The number of carbonyl (C=O) groups is 2. The van der Waals surface area contributed by atoms with Gasteiger partial charge in [0.15, 0.2) is 0 Å². The van der Waals surface area contributed by atoms with E-state index in [9.17, 15) is 14.0 Å². The minimum Gasteiger partial charge on any atom is -0.443 e. The molecule has 2 heterocycles. The Balaban J connectivity index is 1.56. The molecule has 3 rings (SSSR count). The fourth-order valence-corrected chi connectivity index (χ4v) is 3.68. The minimum absolute atomic E-state index is 0.241. The average Bonchev–Trinajstić information content (AvgIpc) is 3.08. The van der Waals surface area contributed by atoms with Crippen LogP contribution in [0.15, 0.2) is 18.2 Å². The van der Waals surface area contributed by atoms with E-state index in [-0.39, 0.29) is 23.7 Å². The first-order chi connectivity index (χ1) is 14.0. The van der Waals surface area contributed by atoms with Gasteiger partial charge in [-0.3, -0.25) is 9.69 Å². The normalized spacial score (nSPS) is 20.6. The monoisotopic (exact) mass is 408 g/mol. The van der Waals surface area contributed by atoms with Gasteiger partial charge in [0.25, 0.3) is 0 Å². The molecule has 2 aliphatic rings. The molecule has 0 saturated carbocycles. The summed E-state index contributed by atoms with van der Waals surface area (Å²) in [5.41, 5.74) is 6.38. The first-order valence-corrected chi connectivity index (χ1v) is 10.1. The standard InChI is InChI=1S/C20H29FN4O4/c1-2-3-14(19(22)26)11-23-12-16-13-25(20(27)29-16)15-4-5-18(17(21)10-15)24-6-8-28-9-7-24/h4-5,10,14,16,23H,2-3,6-9,11-13H2,1H3,(H2,22,26)/t14?,16-/m0/s1. The Morgan fingerprint density at radius 2 is 2.14 bits per heavy atom. The minimum atomic E-state index is -0.504. The van der Waals surface area contributed by atoms with E-state index in [1.165, 1.54) is 11.0 Å². The SMILES string of the molecule is CCCC(CNC[C@H]1CN(c2ccc(N3CCOCC3)c(F)c2)C(=O)O1)C(N)=O. The lowest BCUT2D eigenvalue weighted by atomic mass is 10.0. The second-order valence-electron chi connectivity index (χ2n) is 7.40. The summed E-state index contributed by atoms with van der Waals surface area (Å²) in [5.74, 6) is -0.946. The molecular formula is C20H29FN4O4. The molecule has 1 aromatic rings. The third-order valence-electron chi connectivity index (χ3n) is 5.27. The van der Waals surface area contributed by atoms with Crippen molar-refractivity contribution in [3.8, 4) is 0 Å². The zero-order valence-electron chi connectivity index (χ0n) is 16.7. The molecule has 2 fully saturated rings. The van der Waals surface area contributed by atoms with E-state index >= 15 is 0 Å². The van der Waals surface area contributed by atoms with Gasteiger partial charge < -0.3 is 25.4 Å². The van der Waals surface area contributed by atoms with Crippen molar-refractivity contribution >= 4 is 23.4 Å². The van der Waals surface area contributed by atoms with Gasteiger partial charge in [0.2, 0.25) is 5.91 Å². The van der Waals surface area contributed by atoms with Gasteiger partial charge in [-0.15, -0.1) is 0 Å². The van der Waals surface area contributed by atoms with E-state index in [2.05, 4.69) is 5.32 Å². The molecule has 0 radical (unpaired) electrons. The fourth-order valence-electron chi connectivity index (χ4n) is 3.68. The number of carbonyl (C=O) groups excluding carboxylic acids is 2. The molecule has 1 unspecified atom stereocenters. The van der Waals surface area contributed by atoms with Crippen LogP contribution in [0.2, 0.25) is 0 Å². The maximum absolute atomic E-state index is 14.6. The fraction of sp³-hybridized carbons (Fsp3) is 0.600. The van der Waals surface area contributed by atoms with Gasteiger partial charge in [-0.25, -0.2) is 9.18 Å². The van der Waals surface area contributed by atoms with Crippen LogP contribution in [0.5, 0.6) is 0 Å². The second-order valence-corrected chi connectivity index (χ2v) is 7.40. The van der Waals surface area contributed by atoms with Crippen molar-refractivity contribution in [2.45, 2.75) is 25.9 Å². The van der Waals surface area contributed by atoms with Gasteiger partial charge in [0.1, 0.15) is 11.9 Å². The molecule has 1 aromatic carbocycles. The summed E-state index contributed by atoms with van der Waals surface area (Å²) in [7, 11) is 0. The average molecular weight is 408 g/mol. The summed E-state index contributed by atoms with van der Waals surface area (Å²) in [6.45, 7) is 5.59. The number of nitrogens with one attached hydrogen (secondary N) is 1. The van der Waals surface area contributed by atoms with Crippen molar-refractivity contribution in [1.82, 2.24) is 5.32 Å². The highest BCUT2D eigenvalue weighted by Gasteiger charge is 2.33. The Bertz CT molecular complexity index is 726. The summed E-state index contributed by atoms with van der Waals surface area (Å²) >= 11 is 0. The Morgan fingerprint density at radius 3 is 2.79 bits per heavy atom. The third kappa shape index (κ3) is 5.36. The van der Waals surface area contributed by atoms with Crippen LogP contribution in [0.3, 0.4) is 0 Å². The topological polar surface area (TPSA) is 97.1 Å². The van der Waals surface area contributed by atoms with Crippen molar-refractivity contribution in [1.29, 1.82) is 0 Å². The molecule has 29 heavy (non-hydrogen) atoms. The molecule has 160 valence electrons. The van der Waals surface area contributed by atoms with Crippen molar-refractivity contribution in [2.24, 2.45) is 11.7 Å². The lowest BCUT2D eigenvalue weighted by Gasteiger charge is -2.29. The van der Waals surface area contributed by atoms with E-state index in [1.54, 1.807) is 12.1 Å². The zero-order chi connectivity index (χ0) is 20.8. The molecular weight excluding hydrogens is 379 g/mol. The number of amides is 2.